The van der Waals surface area contributed by atoms with E-state index >= 15 is 0 Å². The average molecular weight is 407 g/mol. The smallest absolute Gasteiger partial charge is 0.315 e. The second-order valence-electron chi connectivity index (χ2n) is 7.06. The van der Waals surface area contributed by atoms with Gasteiger partial charge in [-0.15, -0.1) is 11.3 Å². The first-order chi connectivity index (χ1) is 14.1. The Balaban J connectivity index is 1.48. The van der Waals surface area contributed by atoms with E-state index in [9.17, 15) is 9.59 Å². The number of likely N-dealkylation sites (N-methyl/N-ethyl adjacent to an activating group) is 1. The Morgan fingerprint density at radius 2 is 1.62 bits per heavy atom. The molecule has 148 valence electrons. The molecule has 2 aromatic carbocycles. The number of hydrogen-bond donors (Lipinski definition) is 2. The third-order valence-electron chi connectivity index (χ3n) is 4.89. The van der Waals surface area contributed by atoms with Crippen LogP contribution in [0.5, 0.6) is 0 Å². The molecule has 2 heterocycles. The average Bonchev–Trinajstić information content (AvgIpc) is 3.14. The summed E-state index contributed by atoms with van der Waals surface area (Å²) in [6.45, 7) is 1.76. The van der Waals surface area contributed by atoms with Crippen LogP contribution >= 0.6 is 11.3 Å². The minimum atomic E-state index is -0.707. The van der Waals surface area contributed by atoms with E-state index in [1.807, 2.05) is 60.7 Å². The number of nitrogens with one attached hydrogen (secondary N) is 2. The van der Waals surface area contributed by atoms with Crippen molar-refractivity contribution in [2.75, 3.05) is 18.9 Å². The number of rotatable bonds is 4. The Morgan fingerprint density at radius 1 is 1.00 bits per heavy atom. The molecule has 1 aromatic heterocycles. The van der Waals surface area contributed by atoms with Gasteiger partial charge in [-0.25, -0.2) is 4.98 Å². The fourth-order valence-electron chi connectivity index (χ4n) is 3.38. The number of aromatic nitrogens is 1. The number of hydrogen-bond acceptors (Lipinski definition) is 5. The van der Waals surface area contributed by atoms with E-state index in [0.29, 0.717) is 5.13 Å². The molecule has 2 N–H and O–H groups in total. The summed E-state index contributed by atoms with van der Waals surface area (Å²) < 4.78 is 0. The second-order valence-corrected chi connectivity index (χ2v) is 8.14. The quantitative estimate of drug-likeness (QED) is 0.654. The lowest BCUT2D eigenvalue weighted by Gasteiger charge is -2.20. The standard InChI is InChI=1S/C22H22N4O2S/c1-26-13-12-17-18(14-26)29-22(23-17)25-21(28)20(27)24-19(15-8-4-2-5-9-15)16-10-6-3-7-11-16/h2-11,19H,12-14H2,1H3,(H,24,27)(H,23,25,28). The normalized spacial score (nSPS) is 13.7. The fourth-order valence-corrected chi connectivity index (χ4v) is 4.46. The minimum Gasteiger partial charge on any atom is -0.337 e. The minimum absolute atomic E-state index is 0.409. The predicted molar refractivity (Wildman–Crippen MR) is 114 cm³/mol. The van der Waals surface area contributed by atoms with Crippen molar-refractivity contribution in [3.63, 3.8) is 0 Å². The molecule has 0 spiro atoms. The first-order valence-corrected chi connectivity index (χ1v) is 10.3. The van der Waals surface area contributed by atoms with Gasteiger partial charge < -0.3 is 10.2 Å². The maximum Gasteiger partial charge on any atom is 0.315 e. The van der Waals surface area contributed by atoms with Crippen molar-refractivity contribution < 1.29 is 9.59 Å². The van der Waals surface area contributed by atoms with Crippen molar-refractivity contribution in [1.82, 2.24) is 15.2 Å². The molecular formula is C22H22N4O2S. The van der Waals surface area contributed by atoms with Crippen molar-refractivity contribution in [1.29, 1.82) is 0 Å². The van der Waals surface area contributed by atoms with E-state index in [1.165, 1.54) is 11.3 Å². The summed E-state index contributed by atoms with van der Waals surface area (Å²) >= 11 is 1.43. The highest BCUT2D eigenvalue weighted by Gasteiger charge is 2.24. The Labute approximate surface area is 173 Å². The van der Waals surface area contributed by atoms with Crippen LogP contribution in [-0.2, 0) is 22.6 Å². The molecule has 3 aromatic rings. The third-order valence-corrected chi connectivity index (χ3v) is 5.89. The Bertz CT molecular complexity index is 965. The molecule has 6 nitrogen and oxygen atoms in total. The summed E-state index contributed by atoms with van der Waals surface area (Å²) in [6, 6.07) is 18.8. The zero-order valence-corrected chi connectivity index (χ0v) is 16.9. The van der Waals surface area contributed by atoms with Gasteiger partial charge in [-0.1, -0.05) is 60.7 Å². The van der Waals surface area contributed by atoms with E-state index < -0.39 is 17.9 Å². The van der Waals surface area contributed by atoms with Gasteiger partial charge >= 0.3 is 11.8 Å². The molecule has 0 unspecified atom stereocenters. The molecule has 0 aliphatic carbocycles. The molecule has 0 saturated heterocycles. The second kappa shape index (κ2) is 8.55. The van der Waals surface area contributed by atoms with Crippen LogP contribution in [0.2, 0.25) is 0 Å². The molecule has 0 saturated carbocycles. The molecule has 0 bridgehead atoms. The summed E-state index contributed by atoms with van der Waals surface area (Å²) in [5.41, 5.74) is 2.83. The lowest BCUT2D eigenvalue weighted by atomic mass is 9.99. The van der Waals surface area contributed by atoms with Gasteiger partial charge in [0.1, 0.15) is 0 Å². The van der Waals surface area contributed by atoms with Gasteiger partial charge in [0.2, 0.25) is 0 Å². The monoisotopic (exact) mass is 406 g/mol. The van der Waals surface area contributed by atoms with Crippen LogP contribution < -0.4 is 10.6 Å². The molecule has 1 aliphatic rings. The first-order valence-electron chi connectivity index (χ1n) is 9.49. The van der Waals surface area contributed by atoms with Crippen LogP contribution in [0.3, 0.4) is 0 Å². The number of anilines is 1. The topological polar surface area (TPSA) is 74.3 Å². The number of fused-ring (bicyclic) bond motifs is 1. The van der Waals surface area contributed by atoms with E-state index in [-0.39, 0.29) is 0 Å². The Kier molecular flexibility index (Phi) is 5.69. The van der Waals surface area contributed by atoms with Crippen molar-refractivity contribution in [3.8, 4) is 0 Å². The SMILES string of the molecule is CN1CCc2nc(NC(=O)C(=O)NC(c3ccccc3)c3ccccc3)sc2C1. The molecule has 1 aliphatic heterocycles. The zero-order chi connectivity index (χ0) is 20.2. The maximum absolute atomic E-state index is 12.6. The van der Waals surface area contributed by atoms with Gasteiger partial charge in [-0.05, 0) is 18.2 Å². The van der Waals surface area contributed by atoms with E-state index in [2.05, 4.69) is 27.6 Å². The van der Waals surface area contributed by atoms with Gasteiger partial charge in [-0.3, -0.25) is 14.9 Å². The highest BCUT2D eigenvalue weighted by molar-refractivity contribution is 7.16. The maximum atomic E-state index is 12.6. The lowest BCUT2D eigenvalue weighted by Crippen LogP contribution is -2.38. The number of carbonyl (C=O) groups is 2. The number of benzene rings is 2. The van der Waals surface area contributed by atoms with Gasteiger partial charge in [-0.2, -0.15) is 0 Å². The van der Waals surface area contributed by atoms with E-state index in [1.54, 1.807) is 0 Å². The number of thiazole rings is 1. The van der Waals surface area contributed by atoms with Crippen LogP contribution in [0.15, 0.2) is 60.7 Å². The van der Waals surface area contributed by atoms with Crippen molar-refractivity contribution in [2.24, 2.45) is 0 Å². The lowest BCUT2D eigenvalue weighted by molar-refractivity contribution is -0.136. The van der Waals surface area contributed by atoms with Crippen molar-refractivity contribution in [3.05, 3.63) is 82.4 Å². The predicted octanol–water partition coefficient (Wildman–Crippen LogP) is 2.98. The molecular weight excluding hydrogens is 384 g/mol. The summed E-state index contributed by atoms with van der Waals surface area (Å²) in [4.78, 5) is 33.0. The molecule has 2 amide bonds. The molecule has 0 atom stereocenters. The highest BCUT2D eigenvalue weighted by atomic mass is 32.1. The zero-order valence-electron chi connectivity index (χ0n) is 16.1. The number of amides is 2. The fraction of sp³-hybridized carbons (Fsp3) is 0.227. The number of nitrogens with zero attached hydrogens (tertiary/aromatic N) is 2. The number of carbonyl (C=O) groups excluding carboxylic acids is 2. The summed E-state index contributed by atoms with van der Waals surface area (Å²) in [5, 5.41) is 5.99. The van der Waals surface area contributed by atoms with Gasteiger partial charge in [0, 0.05) is 24.4 Å². The first kappa shape index (κ1) is 19.3. The molecule has 4 rings (SSSR count). The largest absolute Gasteiger partial charge is 0.337 e. The van der Waals surface area contributed by atoms with Crippen LogP contribution in [0, 0.1) is 0 Å². The van der Waals surface area contributed by atoms with E-state index in [4.69, 9.17) is 0 Å². The highest BCUT2D eigenvalue weighted by Crippen LogP contribution is 2.28. The molecule has 0 radical (unpaired) electrons. The Hall–Kier alpha value is -3.03. The summed E-state index contributed by atoms with van der Waals surface area (Å²) in [6.07, 6.45) is 0.856. The van der Waals surface area contributed by atoms with Crippen LogP contribution in [-0.4, -0.2) is 35.3 Å². The van der Waals surface area contributed by atoms with Gasteiger partial charge in [0.05, 0.1) is 11.7 Å². The van der Waals surface area contributed by atoms with E-state index in [0.717, 1.165) is 41.2 Å². The third kappa shape index (κ3) is 4.52. The summed E-state index contributed by atoms with van der Waals surface area (Å²) in [5.74, 6) is -1.39. The van der Waals surface area contributed by atoms with Crippen molar-refractivity contribution in [2.45, 2.75) is 19.0 Å². The molecule has 0 fully saturated rings. The molecule has 29 heavy (non-hydrogen) atoms. The van der Waals surface area contributed by atoms with Gasteiger partial charge in [0.25, 0.3) is 0 Å². The van der Waals surface area contributed by atoms with Crippen LogP contribution in [0.4, 0.5) is 5.13 Å². The van der Waals surface area contributed by atoms with Crippen molar-refractivity contribution >= 4 is 28.3 Å². The summed E-state index contributed by atoms with van der Waals surface area (Å²) in [7, 11) is 2.06. The Morgan fingerprint density at radius 3 is 2.24 bits per heavy atom. The van der Waals surface area contributed by atoms with Crippen LogP contribution in [0.25, 0.3) is 0 Å². The van der Waals surface area contributed by atoms with Crippen LogP contribution in [0.1, 0.15) is 27.7 Å². The van der Waals surface area contributed by atoms with Gasteiger partial charge in [0.15, 0.2) is 5.13 Å². The molecule has 7 heteroatoms.